The average Bonchev–Trinajstić information content (AvgIpc) is 3.10. The summed E-state index contributed by atoms with van der Waals surface area (Å²) >= 11 is 0. The molecule has 1 heterocycles. The van der Waals surface area contributed by atoms with Gasteiger partial charge in [0, 0.05) is 56.9 Å². The highest BCUT2D eigenvalue weighted by molar-refractivity contribution is 9.19. The molecule has 0 amide bonds. The van der Waals surface area contributed by atoms with E-state index in [1.807, 2.05) is 33.8 Å². The van der Waals surface area contributed by atoms with Gasteiger partial charge in [-0.15, -0.1) is 89.3 Å². The summed E-state index contributed by atoms with van der Waals surface area (Å²) in [5.74, 6) is -2.26. The van der Waals surface area contributed by atoms with E-state index < -0.39 is 128 Å². The number of hydrogen-bond donors (Lipinski definition) is 1. The molecular weight excluding hydrogens is 1110 g/mol. The third-order valence-corrected chi connectivity index (χ3v) is 105. The Morgan fingerprint density at radius 3 is 1.91 bits per heavy atom. The van der Waals surface area contributed by atoms with Crippen LogP contribution >= 0.6 is 162 Å². The Morgan fingerprint density at radius 1 is 0.845 bits per heavy atom. The number of ketones is 1. The van der Waals surface area contributed by atoms with Crippen molar-refractivity contribution in [2.75, 3.05) is 6.61 Å². The first-order valence-corrected chi connectivity index (χ1v) is 52.3. The Labute approximate surface area is 379 Å². The van der Waals surface area contributed by atoms with Crippen LogP contribution in [0.4, 0.5) is 0 Å². The maximum absolute atomic E-state index is 15.5. The highest BCUT2D eigenvalue weighted by atomic mass is 33.2. The van der Waals surface area contributed by atoms with Crippen LogP contribution in [-0.4, -0.2) is 58.9 Å². The molecule has 1 N–H and O–H groups in total. The number of rotatable bonds is 14. The number of Topliss-reactive ketones (excluding diaryl/α,β-unsaturated/α-hetero) is 1. The molecule has 0 aromatic heterocycles. The summed E-state index contributed by atoms with van der Waals surface area (Å²) in [6.45, 7) is 5.01. The number of carbonyl (C=O) groups is 3. The van der Waals surface area contributed by atoms with Crippen molar-refractivity contribution < 1.29 is 42.7 Å². The Kier molecular flexibility index (Phi) is 21.1. The minimum absolute atomic E-state index is 0.00138. The van der Waals surface area contributed by atoms with Gasteiger partial charge < -0.3 is 28.4 Å². The van der Waals surface area contributed by atoms with Crippen molar-refractivity contribution in [3.8, 4) is 0 Å². The van der Waals surface area contributed by atoms with Crippen molar-refractivity contribution in [1.29, 1.82) is 0 Å². The zero-order chi connectivity index (χ0) is 43.4. The second-order valence-corrected chi connectivity index (χ2v) is 87.8. The lowest BCUT2D eigenvalue weighted by atomic mass is 9.44. The fraction of sp³-hybridized carbons (Fsp3) is 0.621. The first kappa shape index (κ1) is 54.8. The Bertz CT molecular complexity index is 1710. The number of esters is 2. The van der Waals surface area contributed by atoms with Crippen molar-refractivity contribution in [1.82, 2.24) is 0 Å². The lowest BCUT2D eigenvalue weighted by Gasteiger charge is -2.68. The first-order valence-electron chi connectivity index (χ1n) is 17.6. The Hall–Kier alpha value is 5.85. The summed E-state index contributed by atoms with van der Waals surface area (Å²) in [7, 11) is 30.8. The molecule has 1 aromatic carbocycles. The van der Waals surface area contributed by atoms with E-state index in [4.69, 9.17) is 23.3 Å². The third kappa shape index (κ3) is 11.1. The maximum atomic E-state index is 15.5. The number of allylic oxidation sites excluding steroid dienone is 1. The lowest BCUT2D eigenvalue weighted by Crippen LogP contribution is -2.80. The predicted molar refractivity (Wildman–Crippen MR) is 300 cm³/mol. The van der Waals surface area contributed by atoms with E-state index in [2.05, 4.69) is 98.2 Å². The molecule has 5 rings (SSSR count). The van der Waals surface area contributed by atoms with E-state index in [1.54, 1.807) is 24.3 Å². The minimum Gasteiger partial charge on any atom is -0.468 e. The molecule has 326 valence electrons. The van der Waals surface area contributed by atoms with Gasteiger partial charge in [-0.05, 0) is 59.6 Å². The molecule has 29 heteroatoms. The monoisotopic (exact) mass is 1170 g/mol. The molecule has 4 aliphatic rings. The van der Waals surface area contributed by atoms with Gasteiger partial charge in [0.05, 0.1) is 31.7 Å². The van der Waals surface area contributed by atoms with Crippen LogP contribution in [0.1, 0.15) is 64.2 Å². The fourth-order valence-corrected chi connectivity index (χ4v) is 137. The van der Waals surface area contributed by atoms with Gasteiger partial charge in [-0.3, -0.25) is 9.59 Å². The zero-order valence-corrected chi connectivity index (χ0v) is 53.4. The maximum Gasteiger partial charge on any atom is 0.338 e. The summed E-state index contributed by atoms with van der Waals surface area (Å²) in [5, 5.41) is 14.0. The zero-order valence-electron chi connectivity index (χ0n) is 32.7. The molecule has 14 unspecified atom stereocenters. The molecule has 1 saturated heterocycles. The summed E-state index contributed by atoms with van der Waals surface area (Å²) in [4.78, 5) is 43.3. The van der Waals surface area contributed by atoms with Gasteiger partial charge >= 0.3 is 11.9 Å². The van der Waals surface area contributed by atoms with E-state index in [-0.39, 0.29) is 25.2 Å². The van der Waals surface area contributed by atoms with Gasteiger partial charge in [0.25, 0.3) is 0 Å². The van der Waals surface area contributed by atoms with E-state index in [0.29, 0.717) is 17.7 Å². The topological polar surface area (TPSA) is 118 Å². The molecule has 2 saturated carbocycles. The molecular formula is C29H56O9P20. The fourth-order valence-electron chi connectivity index (χ4n) is 9.00. The number of ether oxygens (including phenoxy) is 3. The highest BCUT2D eigenvalue weighted by Gasteiger charge is 2.77. The molecule has 3 fully saturated rings. The van der Waals surface area contributed by atoms with Gasteiger partial charge in [0.1, 0.15) is 29.4 Å². The van der Waals surface area contributed by atoms with Crippen molar-refractivity contribution in [2.45, 2.75) is 83.4 Å². The number of hydrogen-bond acceptors (Lipinski definition) is 9. The summed E-state index contributed by atoms with van der Waals surface area (Å²) in [5.41, 5.74) is -4.27. The lowest BCUT2D eigenvalue weighted by molar-refractivity contribution is -0.349. The quantitative estimate of drug-likeness (QED) is 0.144. The summed E-state index contributed by atoms with van der Waals surface area (Å²) in [6.07, 6.45) is -2.03. The molecule has 9 nitrogen and oxygen atoms in total. The standard InChI is InChI=1S/C29H56O9P20/c1-15-19(37-51(57(49)54(43)44)58(55(45)46)56(47)48)13-29(33)24(35-25(32)17-9-7-6-8-10-17)23-27(5,12-18(31)22(15)26(29,3)4)20(38-50(52(39)40)53(41)42)11-21-28(23,14-34-21)36-16(2)30/h6-10,20-24,33H,11-14,39-49H2,1-5H3/t20-,21+,22?,23-,24-,27+,28-,29+,51?,57?/m0/s1. The number of fused-ring (bicyclic) bond motifs is 5. The molecule has 58 heavy (non-hydrogen) atoms. The Morgan fingerprint density at radius 2 is 1.43 bits per heavy atom. The average molecular weight is 1170 g/mol. The van der Waals surface area contributed by atoms with Crippen LogP contribution in [0.15, 0.2) is 41.7 Å². The third-order valence-electron chi connectivity index (χ3n) is 11.6. The molecule has 21 atom stereocenters. The van der Waals surface area contributed by atoms with E-state index in [9.17, 15) is 14.7 Å². The van der Waals surface area contributed by atoms with Crippen molar-refractivity contribution >= 4 is 180 Å². The second-order valence-electron chi connectivity index (χ2n) is 15.4. The summed E-state index contributed by atoms with van der Waals surface area (Å²) < 4.78 is 34.2. The molecule has 0 spiro atoms. The second kappa shape index (κ2) is 22.3. The Balaban J connectivity index is 1.81. The van der Waals surface area contributed by atoms with Gasteiger partial charge in [0.15, 0.2) is 13.1 Å². The molecule has 1 aromatic rings. The summed E-state index contributed by atoms with van der Waals surface area (Å²) in [6, 6.07) is 8.76. The first-order chi connectivity index (χ1) is 26.8. The van der Waals surface area contributed by atoms with Crippen LogP contribution in [0.3, 0.4) is 0 Å². The van der Waals surface area contributed by atoms with Crippen LogP contribution in [0.25, 0.3) is 0 Å². The van der Waals surface area contributed by atoms with Crippen molar-refractivity contribution in [2.24, 2.45) is 22.7 Å². The van der Waals surface area contributed by atoms with Crippen LogP contribution < -0.4 is 0 Å². The van der Waals surface area contributed by atoms with Crippen molar-refractivity contribution in [3.63, 3.8) is 0 Å². The number of benzene rings is 1. The predicted octanol–water partition coefficient (Wildman–Crippen LogP) is 14.6. The minimum atomic E-state index is -1.88. The van der Waals surface area contributed by atoms with Gasteiger partial charge in [0.2, 0.25) is 0 Å². The van der Waals surface area contributed by atoms with Crippen molar-refractivity contribution in [3.05, 3.63) is 47.2 Å². The van der Waals surface area contributed by atoms with Gasteiger partial charge in [-0.25, -0.2) is 4.79 Å². The van der Waals surface area contributed by atoms with Gasteiger partial charge in [-0.1, -0.05) is 47.9 Å². The smallest absolute Gasteiger partial charge is 0.338 e. The molecule has 0 radical (unpaired) electrons. The molecule has 2 bridgehead atoms. The van der Waals surface area contributed by atoms with Crippen LogP contribution in [0.2, 0.25) is 0 Å². The number of carbonyl (C=O) groups excluding carboxylic acids is 3. The van der Waals surface area contributed by atoms with E-state index in [1.165, 1.54) is 6.92 Å². The van der Waals surface area contributed by atoms with Crippen LogP contribution in [-0.2, 0) is 32.8 Å². The number of aliphatic hydroxyl groups is 1. The largest absolute Gasteiger partial charge is 0.468 e. The molecule has 1 aliphatic heterocycles. The SMILES string of the molecule is CC(=O)O[C@@]12CO[C@@H]1C[C@H](OP(P(P)P)P(P)P)[C@@]1(C)CC(=O)C3C(C)=C(OP(P(P)P(P)P)P(P(P)P)P(P)P)C[C@@](O)([C@@H](OC(=O)c4ccccc4)[C@@H]12)C3(C)C. The molecule has 3 aliphatic carbocycles. The van der Waals surface area contributed by atoms with Crippen LogP contribution in [0.5, 0.6) is 0 Å². The van der Waals surface area contributed by atoms with Crippen LogP contribution in [0, 0.1) is 22.7 Å². The normalized spacial score (nSPS) is 33.2. The van der Waals surface area contributed by atoms with Gasteiger partial charge in [-0.2, -0.15) is 0 Å². The van der Waals surface area contributed by atoms with E-state index >= 15 is 4.79 Å². The van der Waals surface area contributed by atoms with E-state index in [0.717, 1.165) is 5.57 Å². The highest BCUT2D eigenvalue weighted by Crippen LogP contribution is 3.18.